The number of nitrogens with one attached hydrogen (secondary N) is 1. The molecular formula is C21H32N2O3S. The van der Waals surface area contributed by atoms with E-state index in [-0.39, 0.29) is 24.2 Å². The van der Waals surface area contributed by atoms with E-state index in [1.54, 1.807) is 11.3 Å². The molecule has 0 bridgehead atoms. The van der Waals surface area contributed by atoms with Crippen LogP contribution in [0.5, 0.6) is 0 Å². The zero-order chi connectivity index (χ0) is 18.9. The Labute approximate surface area is 166 Å². The van der Waals surface area contributed by atoms with E-state index in [2.05, 4.69) is 16.3 Å². The largest absolute Gasteiger partial charge is 0.394 e. The van der Waals surface area contributed by atoms with Gasteiger partial charge in [-0.15, -0.1) is 11.3 Å². The number of aliphatic hydroxyl groups excluding tert-OH is 1. The topological polar surface area (TPSA) is 61.8 Å². The molecule has 0 unspecified atom stereocenters. The number of hydrogen-bond donors (Lipinski definition) is 2. The number of carbonyl (C=O) groups excluding carboxylic acids is 1. The van der Waals surface area contributed by atoms with E-state index in [1.165, 1.54) is 36.1 Å². The summed E-state index contributed by atoms with van der Waals surface area (Å²) in [5, 5.41) is 12.3. The van der Waals surface area contributed by atoms with Crippen molar-refractivity contribution in [2.75, 3.05) is 26.3 Å². The maximum Gasteiger partial charge on any atom is 0.261 e. The van der Waals surface area contributed by atoms with Crippen LogP contribution < -0.4 is 5.32 Å². The molecule has 4 rings (SSSR count). The van der Waals surface area contributed by atoms with Crippen molar-refractivity contribution >= 4 is 17.2 Å². The number of nitrogens with zero attached hydrogens (tertiary/aromatic N) is 1. The van der Waals surface area contributed by atoms with E-state index in [0.29, 0.717) is 0 Å². The molecule has 2 fully saturated rings. The molecule has 5 nitrogen and oxygen atoms in total. The second-order valence-electron chi connectivity index (χ2n) is 8.29. The van der Waals surface area contributed by atoms with Gasteiger partial charge in [0.2, 0.25) is 0 Å². The Hall–Kier alpha value is -0.950. The fourth-order valence-electron chi connectivity index (χ4n) is 4.96. The number of aliphatic hydroxyl groups is 1. The summed E-state index contributed by atoms with van der Waals surface area (Å²) in [6, 6.07) is 2.67. The molecule has 27 heavy (non-hydrogen) atoms. The van der Waals surface area contributed by atoms with Crippen molar-refractivity contribution in [1.82, 2.24) is 10.2 Å². The van der Waals surface area contributed by atoms with Crippen LogP contribution in [0.25, 0.3) is 0 Å². The number of fused-ring (bicyclic) bond motifs is 2. The molecule has 2 aliphatic heterocycles. The van der Waals surface area contributed by atoms with Gasteiger partial charge in [-0.3, -0.25) is 4.79 Å². The van der Waals surface area contributed by atoms with Gasteiger partial charge in [-0.1, -0.05) is 19.8 Å². The summed E-state index contributed by atoms with van der Waals surface area (Å²) in [6.07, 6.45) is 9.16. The van der Waals surface area contributed by atoms with Crippen LogP contribution in [0.15, 0.2) is 6.07 Å². The monoisotopic (exact) mass is 392 g/mol. The fraction of sp³-hybridized carbons (Fsp3) is 0.762. The van der Waals surface area contributed by atoms with Crippen molar-refractivity contribution in [2.45, 2.75) is 76.0 Å². The molecule has 1 aromatic rings. The summed E-state index contributed by atoms with van der Waals surface area (Å²) >= 11 is 1.61. The molecule has 3 aliphatic rings. The number of likely N-dealkylation sites (tertiary alicyclic amines) is 1. The average molecular weight is 393 g/mol. The molecule has 1 amide bonds. The Morgan fingerprint density at radius 2 is 2.15 bits per heavy atom. The molecular weight excluding hydrogens is 360 g/mol. The number of hydrogen-bond acceptors (Lipinski definition) is 5. The van der Waals surface area contributed by atoms with Gasteiger partial charge in [-0.2, -0.15) is 0 Å². The lowest BCUT2D eigenvalue weighted by Crippen LogP contribution is -2.48. The van der Waals surface area contributed by atoms with Crippen LogP contribution in [0.1, 0.15) is 72.0 Å². The molecule has 1 aromatic heterocycles. The first kappa shape index (κ1) is 19.4. The van der Waals surface area contributed by atoms with Gasteiger partial charge < -0.3 is 20.1 Å². The minimum absolute atomic E-state index is 0.0165. The number of carbonyl (C=O) groups is 1. The van der Waals surface area contributed by atoms with Crippen molar-refractivity contribution in [3.8, 4) is 0 Å². The van der Waals surface area contributed by atoms with Crippen LogP contribution in [0, 0.1) is 0 Å². The van der Waals surface area contributed by atoms with Crippen LogP contribution in [-0.2, 0) is 16.8 Å². The highest BCUT2D eigenvalue weighted by molar-refractivity contribution is 7.14. The number of amides is 1. The first-order chi connectivity index (χ1) is 13.1. The Balaban J connectivity index is 1.48. The van der Waals surface area contributed by atoms with Crippen molar-refractivity contribution in [2.24, 2.45) is 0 Å². The molecule has 3 heterocycles. The van der Waals surface area contributed by atoms with Gasteiger partial charge in [-0.05, 0) is 50.2 Å². The summed E-state index contributed by atoms with van der Waals surface area (Å²) in [6.45, 7) is 4.92. The molecule has 150 valence electrons. The first-order valence-corrected chi connectivity index (χ1v) is 11.4. The van der Waals surface area contributed by atoms with E-state index in [1.807, 2.05) is 6.92 Å². The molecule has 0 radical (unpaired) electrons. The Morgan fingerprint density at radius 3 is 2.81 bits per heavy atom. The lowest BCUT2D eigenvalue weighted by atomic mass is 9.84. The van der Waals surface area contributed by atoms with E-state index >= 15 is 0 Å². The predicted octanol–water partition coefficient (Wildman–Crippen LogP) is 3.06. The minimum atomic E-state index is -0.187. The first-order valence-electron chi connectivity index (χ1n) is 10.6. The maximum absolute atomic E-state index is 12.6. The van der Waals surface area contributed by atoms with E-state index in [0.717, 1.165) is 56.3 Å². The molecule has 1 spiro atoms. The maximum atomic E-state index is 12.6. The van der Waals surface area contributed by atoms with Crippen molar-refractivity contribution < 1.29 is 14.6 Å². The fourth-order valence-corrected chi connectivity index (χ4v) is 6.27. The normalized spacial score (nSPS) is 24.1. The average Bonchev–Trinajstić information content (AvgIpc) is 3.37. The lowest BCUT2D eigenvalue weighted by molar-refractivity contribution is -0.0996. The summed E-state index contributed by atoms with van der Waals surface area (Å²) in [7, 11) is 0. The molecule has 1 saturated carbocycles. The van der Waals surface area contributed by atoms with Crippen LogP contribution in [-0.4, -0.2) is 54.3 Å². The second-order valence-corrected chi connectivity index (χ2v) is 9.35. The third-order valence-corrected chi connectivity index (χ3v) is 8.05. The summed E-state index contributed by atoms with van der Waals surface area (Å²) < 4.78 is 6.37. The lowest BCUT2D eigenvalue weighted by Gasteiger charge is -2.45. The smallest absolute Gasteiger partial charge is 0.261 e. The number of ether oxygens (including phenoxy) is 1. The number of rotatable bonds is 5. The van der Waals surface area contributed by atoms with Crippen LogP contribution in [0.3, 0.4) is 0 Å². The molecule has 1 aliphatic carbocycles. The summed E-state index contributed by atoms with van der Waals surface area (Å²) in [4.78, 5) is 17.3. The Morgan fingerprint density at radius 1 is 1.41 bits per heavy atom. The molecule has 2 N–H and O–H groups in total. The van der Waals surface area contributed by atoms with Gasteiger partial charge in [0.1, 0.15) is 5.60 Å². The Bertz CT molecular complexity index is 656. The minimum Gasteiger partial charge on any atom is -0.394 e. The predicted molar refractivity (Wildman–Crippen MR) is 107 cm³/mol. The Kier molecular flexibility index (Phi) is 5.88. The van der Waals surface area contributed by atoms with Gasteiger partial charge >= 0.3 is 0 Å². The van der Waals surface area contributed by atoms with Crippen molar-refractivity contribution in [1.29, 1.82) is 0 Å². The van der Waals surface area contributed by atoms with Gasteiger partial charge in [-0.25, -0.2) is 0 Å². The van der Waals surface area contributed by atoms with Gasteiger partial charge in [0.25, 0.3) is 5.91 Å². The highest BCUT2D eigenvalue weighted by atomic mass is 32.1. The quantitative estimate of drug-likeness (QED) is 0.808. The van der Waals surface area contributed by atoms with Crippen LogP contribution in [0.4, 0.5) is 0 Å². The highest BCUT2D eigenvalue weighted by Gasteiger charge is 2.43. The summed E-state index contributed by atoms with van der Waals surface area (Å²) in [5.41, 5.74) is 1.11. The van der Waals surface area contributed by atoms with Crippen molar-refractivity contribution in [3.63, 3.8) is 0 Å². The van der Waals surface area contributed by atoms with Gasteiger partial charge in [0.15, 0.2) is 0 Å². The SMILES string of the molecule is CC[C@@H](CO)NC(=O)c1cc2c(s1)C1(CCN(C3CCCC3)CC1)OCC2. The van der Waals surface area contributed by atoms with Crippen LogP contribution in [0.2, 0.25) is 0 Å². The molecule has 1 atom stereocenters. The van der Waals surface area contributed by atoms with Crippen LogP contribution >= 0.6 is 11.3 Å². The zero-order valence-electron chi connectivity index (χ0n) is 16.3. The van der Waals surface area contributed by atoms with E-state index in [9.17, 15) is 9.90 Å². The van der Waals surface area contributed by atoms with Gasteiger partial charge in [0.05, 0.1) is 24.1 Å². The van der Waals surface area contributed by atoms with Gasteiger partial charge in [0, 0.05) is 24.0 Å². The molecule has 6 heteroatoms. The third kappa shape index (κ3) is 3.82. The summed E-state index contributed by atoms with van der Waals surface area (Å²) in [5.74, 6) is -0.0613. The zero-order valence-corrected chi connectivity index (χ0v) is 17.2. The van der Waals surface area contributed by atoms with E-state index < -0.39 is 0 Å². The number of thiophene rings is 1. The van der Waals surface area contributed by atoms with Crippen molar-refractivity contribution in [3.05, 3.63) is 21.4 Å². The highest BCUT2D eigenvalue weighted by Crippen LogP contribution is 2.46. The van der Waals surface area contributed by atoms with E-state index in [4.69, 9.17) is 4.74 Å². The number of piperidine rings is 1. The third-order valence-electron chi connectivity index (χ3n) is 6.69. The second kappa shape index (κ2) is 8.19. The molecule has 0 aromatic carbocycles. The standard InChI is InChI=1S/C21H32N2O3S/c1-2-16(14-24)22-20(25)18-13-15-7-12-26-21(19(15)27-18)8-10-23(11-9-21)17-5-3-4-6-17/h13,16-17,24H,2-12,14H2,1H3,(H,22,25)/t16-/m0/s1. The molecule has 1 saturated heterocycles.